The maximum Gasteiger partial charge on any atom is 0.127 e. The summed E-state index contributed by atoms with van der Waals surface area (Å²) in [5, 5.41) is 9.21. The first-order valence-electron chi connectivity index (χ1n) is 6.01. The quantitative estimate of drug-likeness (QED) is 0.749. The minimum atomic E-state index is 0.358. The highest BCUT2D eigenvalue weighted by Crippen LogP contribution is 2.31. The van der Waals surface area contributed by atoms with E-state index < -0.39 is 0 Å². The van der Waals surface area contributed by atoms with Crippen LogP contribution in [0.2, 0.25) is 0 Å². The first kappa shape index (κ1) is 11.9. The summed E-state index contributed by atoms with van der Waals surface area (Å²) in [5.74, 6) is 1.12. The fraction of sp³-hybridized carbons (Fsp3) is 0.500. The SMILES string of the molecule is COC1CCC(/C(C#N)=C/c2ccco2)CC1. The first-order chi connectivity index (χ1) is 8.33. The van der Waals surface area contributed by atoms with Crippen LogP contribution in [0.25, 0.3) is 6.08 Å². The van der Waals surface area contributed by atoms with Gasteiger partial charge in [-0.05, 0) is 49.8 Å². The zero-order valence-corrected chi connectivity index (χ0v) is 10.1. The van der Waals surface area contributed by atoms with Gasteiger partial charge < -0.3 is 9.15 Å². The Hall–Kier alpha value is -1.53. The summed E-state index contributed by atoms with van der Waals surface area (Å²) >= 11 is 0. The summed E-state index contributed by atoms with van der Waals surface area (Å²) in [7, 11) is 1.76. The normalized spacial score (nSPS) is 25.5. The number of nitrogens with zero attached hydrogens (tertiary/aromatic N) is 1. The van der Waals surface area contributed by atoms with Gasteiger partial charge in [0.25, 0.3) is 0 Å². The molecule has 1 aromatic rings. The monoisotopic (exact) mass is 231 g/mol. The summed E-state index contributed by atoms with van der Waals surface area (Å²) in [4.78, 5) is 0. The van der Waals surface area contributed by atoms with E-state index in [4.69, 9.17) is 9.15 Å². The summed E-state index contributed by atoms with van der Waals surface area (Å²) < 4.78 is 10.6. The molecule has 2 rings (SSSR count). The van der Waals surface area contributed by atoms with E-state index in [1.807, 2.05) is 18.2 Å². The molecular formula is C14H17NO2. The number of nitriles is 1. The lowest BCUT2D eigenvalue weighted by molar-refractivity contribution is 0.0619. The molecule has 1 aliphatic carbocycles. The molecule has 90 valence electrons. The average molecular weight is 231 g/mol. The molecule has 0 bridgehead atoms. The van der Waals surface area contributed by atoms with Crippen molar-refractivity contribution < 1.29 is 9.15 Å². The van der Waals surface area contributed by atoms with Crippen molar-refractivity contribution in [3.05, 3.63) is 29.7 Å². The number of hydrogen-bond donors (Lipinski definition) is 0. The van der Waals surface area contributed by atoms with Gasteiger partial charge in [0.1, 0.15) is 5.76 Å². The lowest BCUT2D eigenvalue weighted by Crippen LogP contribution is -2.21. The molecular weight excluding hydrogens is 214 g/mol. The number of ether oxygens (including phenoxy) is 1. The highest BCUT2D eigenvalue weighted by molar-refractivity contribution is 5.53. The molecule has 3 heteroatoms. The van der Waals surface area contributed by atoms with Gasteiger partial charge in [0, 0.05) is 12.7 Å². The Kier molecular flexibility index (Phi) is 4.00. The average Bonchev–Trinajstić information content (AvgIpc) is 2.89. The fourth-order valence-electron chi connectivity index (χ4n) is 2.38. The van der Waals surface area contributed by atoms with Crippen LogP contribution in [0.15, 0.2) is 28.4 Å². The van der Waals surface area contributed by atoms with E-state index in [-0.39, 0.29) is 0 Å². The maximum absolute atomic E-state index is 9.21. The Bertz CT molecular complexity index is 406. The second kappa shape index (κ2) is 5.70. The predicted octanol–water partition coefficient (Wildman–Crippen LogP) is 3.39. The molecule has 0 aliphatic heterocycles. The van der Waals surface area contributed by atoms with Gasteiger partial charge in [0.05, 0.1) is 18.4 Å². The molecule has 0 saturated heterocycles. The Morgan fingerprint density at radius 2 is 2.24 bits per heavy atom. The van der Waals surface area contributed by atoms with Crippen molar-refractivity contribution >= 4 is 6.08 Å². The minimum Gasteiger partial charge on any atom is -0.465 e. The molecule has 0 amide bonds. The molecule has 0 atom stereocenters. The summed E-state index contributed by atoms with van der Waals surface area (Å²) in [5.41, 5.74) is 0.828. The molecule has 1 aliphatic rings. The minimum absolute atomic E-state index is 0.358. The molecule has 0 N–H and O–H groups in total. The van der Waals surface area contributed by atoms with E-state index in [2.05, 4.69) is 6.07 Å². The molecule has 0 aromatic carbocycles. The molecule has 1 heterocycles. The van der Waals surface area contributed by atoms with Gasteiger partial charge >= 0.3 is 0 Å². The van der Waals surface area contributed by atoms with Gasteiger partial charge in [-0.1, -0.05) is 0 Å². The summed E-state index contributed by atoms with van der Waals surface area (Å²) in [6.45, 7) is 0. The zero-order valence-electron chi connectivity index (χ0n) is 10.1. The highest BCUT2D eigenvalue weighted by Gasteiger charge is 2.23. The van der Waals surface area contributed by atoms with Crippen molar-refractivity contribution in [1.29, 1.82) is 5.26 Å². The van der Waals surface area contributed by atoms with Crippen LogP contribution in [0, 0.1) is 17.2 Å². The van der Waals surface area contributed by atoms with E-state index in [0.717, 1.165) is 37.0 Å². The fourth-order valence-corrected chi connectivity index (χ4v) is 2.38. The molecule has 3 nitrogen and oxygen atoms in total. The van der Waals surface area contributed by atoms with E-state index >= 15 is 0 Å². The predicted molar refractivity (Wildman–Crippen MR) is 65.1 cm³/mol. The smallest absolute Gasteiger partial charge is 0.127 e. The number of furan rings is 1. The third kappa shape index (κ3) is 2.98. The lowest BCUT2D eigenvalue weighted by Gasteiger charge is -2.27. The highest BCUT2D eigenvalue weighted by atomic mass is 16.5. The third-order valence-corrected chi connectivity index (χ3v) is 3.42. The van der Waals surface area contributed by atoms with E-state index in [0.29, 0.717) is 12.0 Å². The molecule has 0 spiro atoms. The first-order valence-corrected chi connectivity index (χ1v) is 6.01. The maximum atomic E-state index is 9.21. The van der Waals surface area contributed by atoms with Crippen LogP contribution >= 0.6 is 0 Å². The van der Waals surface area contributed by atoms with Crippen LogP contribution in [0.1, 0.15) is 31.4 Å². The van der Waals surface area contributed by atoms with Crippen molar-refractivity contribution in [2.24, 2.45) is 5.92 Å². The lowest BCUT2D eigenvalue weighted by atomic mass is 9.82. The van der Waals surface area contributed by atoms with Crippen LogP contribution in [0.3, 0.4) is 0 Å². The Morgan fingerprint density at radius 3 is 2.76 bits per heavy atom. The van der Waals surface area contributed by atoms with Gasteiger partial charge in [-0.25, -0.2) is 0 Å². The second-order valence-electron chi connectivity index (χ2n) is 4.44. The zero-order chi connectivity index (χ0) is 12.1. The Labute approximate surface area is 102 Å². The molecule has 1 fully saturated rings. The molecule has 0 radical (unpaired) electrons. The molecule has 0 unspecified atom stereocenters. The standard InChI is InChI=1S/C14H17NO2/c1-16-13-6-4-11(5-7-13)12(10-15)9-14-3-2-8-17-14/h2-3,8-9,11,13H,4-7H2,1H3/b12-9+. The molecule has 17 heavy (non-hydrogen) atoms. The largest absolute Gasteiger partial charge is 0.465 e. The number of allylic oxidation sites excluding steroid dienone is 1. The second-order valence-corrected chi connectivity index (χ2v) is 4.44. The van der Waals surface area contributed by atoms with Gasteiger partial charge in [0.15, 0.2) is 0 Å². The van der Waals surface area contributed by atoms with Gasteiger partial charge in [-0.15, -0.1) is 0 Å². The topological polar surface area (TPSA) is 46.2 Å². The number of rotatable bonds is 3. The summed E-state index contributed by atoms with van der Waals surface area (Å²) in [6.07, 6.45) is 7.99. The van der Waals surface area contributed by atoms with Crippen molar-refractivity contribution in [3.8, 4) is 6.07 Å². The third-order valence-electron chi connectivity index (χ3n) is 3.42. The number of methoxy groups -OCH3 is 1. The summed E-state index contributed by atoms with van der Waals surface area (Å²) in [6, 6.07) is 6.01. The van der Waals surface area contributed by atoms with Gasteiger partial charge in [-0.2, -0.15) is 5.26 Å². The van der Waals surface area contributed by atoms with Crippen molar-refractivity contribution in [3.63, 3.8) is 0 Å². The molecule has 1 aromatic heterocycles. The van der Waals surface area contributed by atoms with Gasteiger partial charge in [-0.3, -0.25) is 0 Å². The van der Waals surface area contributed by atoms with Crippen LogP contribution in [-0.2, 0) is 4.74 Å². The van der Waals surface area contributed by atoms with Crippen molar-refractivity contribution in [1.82, 2.24) is 0 Å². The Balaban J connectivity index is 2.03. The van der Waals surface area contributed by atoms with Crippen LogP contribution in [0.4, 0.5) is 0 Å². The van der Waals surface area contributed by atoms with Crippen molar-refractivity contribution in [2.45, 2.75) is 31.8 Å². The van der Waals surface area contributed by atoms with Crippen molar-refractivity contribution in [2.75, 3.05) is 7.11 Å². The van der Waals surface area contributed by atoms with E-state index in [1.54, 1.807) is 13.4 Å². The molecule has 1 saturated carbocycles. The van der Waals surface area contributed by atoms with Crippen LogP contribution in [0.5, 0.6) is 0 Å². The van der Waals surface area contributed by atoms with Crippen LogP contribution < -0.4 is 0 Å². The van der Waals surface area contributed by atoms with E-state index in [9.17, 15) is 5.26 Å². The van der Waals surface area contributed by atoms with Gasteiger partial charge in [0.2, 0.25) is 0 Å². The number of hydrogen-bond acceptors (Lipinski definition) is 3. The van der Waals surface area contributed by atoms with E-state index in [1.165, 1.54) is 0 Å². The Morgan fingerprint density at radius 1 is 1.47 bits per heavy atom. The van der Waals surface area contributed by atoms with Crippen LogP contribution in [-0.4, -0.2) is 13.2 Å².